The summed E-state index contributed by atoms with van der Waals surface area (Å²) in [6.07, 6.45) is 1.74. The molecule has 2 aromatic heterocycles. The van der Waals surface area contributed by atoms with Gasteiger partial charge in [0.1, 0.15) is 11.8 Å². The number of hydrogen-bond acceptors (Lipinski definition) is 3. The lowest BCUT2D eigenvalue weighted by Gasteiger charge is -2.15. The molecule has 0 amide bonds. The van der Waals surface area contributed by atoms with Gasteiger partial charge < -0.3 is 10.2 Å². The summed E-state index contributed by atoms with van der Waals surface area (Å²) < 4.78 is 8.07. The van der Waals surface area contributed by atoms with Crippen LogP contribution in [-0.2, 0) is 0 Å². The Bertz CT molecular complexity index is 521. The summed E-state index contributed by atoms with van der Waals surface area (Å²) >= 11 is 9.20. The van der Waals surface area contributed by atoms with Crippen LogP contribution in [-0.4, -0.2) is 9.78 Å². The average Bonchev–Trinajstić information content (AvgIpc) is 2.83. The molecule has 0 aliphatic rings. The van der Waals surface area contributed by atoms with E-state index >= 15 is 0 Å². The van der Waals surface area contributed by atoms with Gasteiger partial charge in [-0.1, -0.05) is 0 Å². The molecule has 0 saturated heterocycles. The first-order chi connectivity index (χ1) is 8.00. The van der Waals surface area contributed by atoms with Crippen molar-refractivity contribution in [1.29, 1.82) is 0 Å². The third-order valence-electron chi connectivity index (χ3n) is 2.47. The fourth-order valence-corrected chi connectivity index (χ4v) is 2.36. The molecule has 2 aromatic rings. The van der Waals surface area contributed by atoms with Gasteiger partial charge in [-0.15, -0.1) is 0 Å². The zero-order valence-electron chi connectivity index (χ0n) is 9.52. The van der Waals surface area contributed by atoms with Crippen LogP contribution < -0.4 is 5.73 Å². The molecule has 0 saturated carbocycles. The summed E-state index contributed by atoms with van der Waals surface area (Å²) in [6, 6.07) is 3.30. The van der Waals surface area contributed by atoms with Crippen molar-refractivity contribution in [2.24, 2.45) is 5.73 Å². The molecule has 17 heavy (non-hydrogen) atoms. The van der Waals surface area contributed by atoms with Crippen LogP contribution in [0.25, 0.3) is 0 Å². The number of nitrogens with zero attached hydrogens (tertiary/aromatic N) is 2. The van der Waals surface area contributed by atoms with E-state index in [1.807, 2.05) is 18.5 Å². The van der Waals surface area contributed by atoms with Gasteiger partial charge in [0.2, 0.25) is 0 Å². The maximum absolute atomic E-state index is 6.17. The molecular weight excluding hydrogens is 305 g/mol. The van der Waals surface area contributed by atoms with Gasteiger partial charge in [0, 0.05) is 6.04 Å². The highest BCUT2D eigenvalue weighted by molar-refractivity contribution is 9.10. The summed E-state index contributed by atoms with van der Waals surface area (Å²) in [4.78, 5) is 0. The second-order valence-electron chi connectivity index (χ2n) is 4.04. The van der Waals surface area contributed by atoms with Crippen LogP contribution in [0.3, 0.4) is 0 Å². The largest absolute Gasteiger partial charge is 0.448 e. The molecule has 0 bridgehead atoms. The predicted molar refractivity (Wildman–Crippen MR) is 70.1 cm³/mol. The highest BCUT2D eigenvalue weighted by Crippen LogP contribution is 2.30. The lowest BCUT2D eigenvalue weighted by molar-refractivity contribution is 0.452. The van der Waals surface area contributed by atoms with Gasteiger partial charge in [-0.2, -0.15) is 5.10 Å². The third kappa shape index (κ3) is 2.41. The molecule has 0 aliphatic carbocycles. The lowest BCUT2D eigenvalue weighted by atomic mass is 10.1. The Kier molecular flexibility index (Phi) is 3.61. The Hall–Kier alpha value is -0.780. The van der Waals surface area contributed by atoms with E-state index in [2.05, 4.69) is 21.0 Å². The quantitative estimate of drug-likeness (QED) is 0.942. The molecule has 0 radical (unpaired) electrons. The monoisotopic (exact) mass is 317 g/mol. The molecule has 92 valence electrons. The van der Waals surface area contributed by atoms with Crippen molar-refractivity contribution in [3.05, 3.63) is 39.5 Å². The topological polar surface area (TPSA) is 57.0 Å². The first kappa shape index (κ1) is 12.7. The Morgan fingerprint density at radius 3 is 2.71 bits per heavy atom. The molecule has 1 atom stereocenters. The predicted octanol–water partition coefficient (Wildman–Crippen LogP) is 3.52. The minimum absolute atomic E-state index is 0.229. The summed E-state index contributed by atoms with van der Waals surface area (Å²) in [7, 11) is 0. The SMILES string of the molecule is CC(C)n1ncc(Br)c1C(N)c1ccc(Cl)o1. The minimum Gasteiger partial charge on any atom is -0.448 e. The van der Waals surface area contributed by atoms with Crippen LogP contribution >= 0.6 is 27.5 Å². The summed E-state index contributed by atoms with van der Waals surface area (Å²) in [5, 5.41) is 4.62. The highest BCUT2D eigenvalue weighted by atomic mass is 79.9. The highest BCUT2D eigenvalue weighted by Gasteiger charge is 2.22. The van der Waals surface area contributed by atoms with Gasteiger partial charge in [0.05, 0.1) is 16.4 Å². The molecule has 4 nitrogen and oxygen atoms in total. The molecule has 2 heterocycles. The maximum Gasteiger partial charge on any atom is 0.193 e. The minimum atomic E-state index is -0.387. The van der Waals surface area contributed by atoms with E-state index < -0.39 is 0 Å². The second kappa shape index (κ2) is 4.84. The average molecular weight is 319 g/mol. The van der Waals surface area contributed by atoms with Gasteiger partial charge >= 0.3 is 0 Å². The van der Waals surface area contributed by atoms with Crippen LogP contribution in [0.15, 0.2) is 27.2 Å². The molecule has 1 unspecified atom stereocenters. The molecule has 0 aromatic carbocycles. The van der Waals surface area contributed by atoms with Crippen molar-refractivity contribution in [2.45, 2.75) is 25.9 Å². The van der Waals surface area contributed by atoms with Crippen LogP contribution in [0.4, 0.5) is 0 Å². The first-order valence-corrected chi connectivity index (χ1v) is 6.41. The van der Waals surface area contributed by atoms with Crippen molar-refractivity contribution in [2.75, 3.05) is 0 Å². The van der Waals surface area contributed by atoms with E-state index in [0.29, 0.717) is 11.0 Å². The molecule has 6 heteroatoms. The summed E-state index contributed by atoms with van der Waals surface area (Å²) in [6.45, 7) is 4.09. The third-order valence-corrected chi connectivity index (χ3v) is 3.29. The van der Waals surface area contributed by atoms with Crippen molar-refractivity contribution >= 4 is 27.5 Å². The van der Waals surface area contributed by atoms with Gasteiger partial charge in [0.15, 0.2) is 5.22 Å². The molecule has 0 aliphatic heterocycles. The normalized spacial score (nSPS) is 13.3. The Balaban J connectivity index is 2.43. The standard InChI is InChI=1S/C11H13BrClN3O/c1-6(2)16-11(7(12)5-15-16)10(14)8-3-4-9(13)17-8/h3-6,10H,14H2,1-2H3. The number of nitrogens with two attached hydrogens (primary N) is 1. The molecular formula is C11H13BrClN3O. The summed E-state index contributed by atoms with van der Waals surface area (Å²) in [5.41, 5.74) is 7.05. The van der Waals surface area contributed by atoms with Crippen LogP contribution in [0.5, 0.6) is 0 Å². The number of hydrogen-bond donors (Lipinski definition) is 1. The van der Waals surface area contributed by atoms with Crippen LogP contribution in [0.2, 0.25) is 5.22 Å². The van der Waals surface area contributed by atoms with Crippen molar-refractivity contribution in [1.82, 2.24) is 9.78 Å². The Morgan fingerprint density at radius 2 is 2.18 bits per heavy atom. The van der Waals surface area contributed by atoms with E-state index in [9.17, 15) is 0 Å². The van der Waals surface area contributed by atoms with Crippen molar-refractivity contribution < 1.29 is 4.42 Å². The van der Waals surface area contributed by atoms with E-state index in [0.717, 1.165) is 10.2 Å². The van der Waals surface area contributed by atoms with Crippen molar-refractivity contribution in [3.63, 3.8) is 0 Å². The van der Waals surface area contributed by atoms with E-state index in [1.165, 1.54) is 0 Å². The van der Waals surface area contributed by atoms with E-state index in [4.69, 9.17) is 21.8 Å². The van der Waals surface area contributed by atoms with E-state index in [-0.39, 0.29) is 12.1 Å². The molecule has 0 fully saturated rings. The van der Waals surface area contributed by atoms with Crippen LogP contribution in [0.1, 0.15) is 37.4 Å². The zero-order chi connectivity index (χ0) is 12.6. The Labute approximate surface area is 113 Å². The smallest absolute Gasteiger partial charge is 0.193 e. The van der Waals surface area contributed by atoms with Gasteiger partial charge in [-0.05, 0) is 53.5 Å². The fourth-order valence-electron chi connectivity index (χ4n) is 1.68. The van der Waals surface area contributed by atoms with Gasteiger partial charge in [-0.25, -0.2) is 0 Å². The molecule has 0 spiro atoms. The molecule has 2 rings (SSSR count). The van der Waals surface area contributed by atoms with Crippen LogP contribution in [0, 0.1) is 0 Å². The molecule has 2 N–H and O–H groups in total. The van der Waals surface area contributed by atoms with Crippen molar-refractivity contribution in [3.8, 4) is 0 Å². The van der Waals surface area contributed by atoms with Gasteiger partial charge in [-0.3, -0.25) is 4.68 Å². The zero-order valence-corrected chi connectivity index (χ0v) is 11.9. The Morgan fingerprint density at radius 1 is 1.47 bits per heavy atom. The number of halogens is 2. The number of furan rings is 1. The lowest BCUT2D eigenvalue weighted by Crippen LogP contribution is -2.18. The second-order valence-corrected chi connectivity index (χ2v) is 5.26. The van der Waals surface area contributed by atoms with Gasteiger partial charge in [0.25, 0.3) is 0 Å². The number of rotatable bonds is 3. The fraction of sp³-hybridized carbons (Fsp3) is 0.364. The first-order valence-electron chi connectivity index (χ1n) is 5.24. The maximum atomic E-state index is 6.17. The summed E-state index contributed by atoms with van der Waals surface area (Å²) in [5.74, 6) is 0.623. The number of aromatic nitrogens is 2. The van der Waals surface area contributed by atoms with E-state index in [1.54, 1.807) is 18.3 Å².